The number of esters is 1. The molecule has 1 N–H and O–H groups in total. The van der Waals surface area contributed by atoms with E-state index in [0.29, 0.717) is 12.2 Å². The van der Waals surface area contributed by atoms with Gasteiger partial charge in [-0.2, -0.15) is 0 Å². The Morgan fingerprint density at radius 1 is 1.14 bits per heavy atom. The van der Waals surface area contributed by atoms with Gasteiger partial charge in [-0.1, -0.05) is 49.0 Å². The van der Waals surface area contributed by atoms with Crippen molar-refractivity contribution in [2.24, 2.45) is 0 Å². The van der Waals surface area contributed by atoms with Crippen LogP contribution in [0.15, 0.2) is 66.7 Å². The van der Waals surface area contributed by atoms with Gasteiger partial charge in [-0.25, -0.2) is 4.79 Å². The minimum Gasteiger partial charge on any atom is -0.463 e. The number of para-hydroxylation sites is 1. The maximum Gasteiger partial charge on any atom is 0.335 e. The van der Waals surface area contributed by atoms with Crippen LogP contribution in [0.4, 0.5) is 5.69 Å². The van der Waals surface area contributed by atoms with Crippen LogP contribution in [0.25, 0.3) is 0 Å². The molecule has 0 unspecified atom stereocenters. The summed E-state index contributed by atoms with van der Waals surface area (Å²) in [6, 6.07) is 17.4. The summed E-state index contributed by atoms with van der Waals surface area (Å²) in [6.45, 7) is 8.10. The average Bonchev–Trinajstić information content (AvgIpc) is 2.54. The molecule has 22 heavy (non-hydrogen) atoms. The zero-order valence-electron chi connectivity index (χ0n) is 13.0. The van der Waals surface area contributed by atoms with E-state index >= 15 is 0 Å². The molecule has 2 aromatic carbocycles. The van der Waals surface area contributed by atoms with Crippen molar-refractivity contribution in [3.63, 3.8) is 0 Å². The van der Waals surface area contributed by atoms with Crippen LogP contribution in [0.1, 0.15) is 24.1 Å². The number of hydrogen-bond acceptors (Lipinski definition) is 3. The summed E-state index contributed by atoms with van der Waals surface area (Å²) in [7, 11) is 0. The smallest absolute Gasteiger partial charge is 0.335 e. The zero-order chi connectivity index (χ0) is 15.9. The molecule has 0 amide bonds. The molecule has 0 spiro atoms. The second-order valence-corrected chi connectivity index (χ2v) is 5.05. The lowest BCUT2D eigenvalue weighted by atomic mass is 9.95. The number of benzene rings is 2. The molecule has 114 valence electrons. The van der Waals surface area contributed by atoms with Crippen molar-refractivity contribution in [3.8, 4) is 0 Å². The summed E-state index contributed by atoms with van der Waals surface area (Å²) >= 11 is 0. The molecule has 3 heteroatoms. The van der Waals surface area contributed by atoms with E-state index in [-0.39, 0.29) is 12.0 Å². The fourth-order valence-electron chi connectivity index (χ4n) is 2.31. The van der Waals surface area contributed by atoms with Gasteiger partial charge < -0.3 is 10.1 Å². The van der Waals surface area contributed by atoms with Gasteiger partial charge in [0.1, 0.15) is 0 Å². The second-order valence-electron chi connectivity index (χ2n) is 5.05. The maximum atomic E-state index is 12.1. The zero-order valence-corrected chi connectivity index (χ0v) is 13.0. The van der Waals surface area contributed by atoms with Gasteiger partial charge in [-0.05, 0) is 37.1 Å². The summed E-state index contributed by atoms with van der Waals surface area (Å²) in [5, 5.41) is 3.37. The van der Waals surface area contributed by atoms with Crippen molar-refractivity contribution in [3.05, 3.63) is 77.9 Å². The first kappa shape index (κ1) is 15.8. The predicted molar refractivity (Wildman–Crippen MR) is 89.8 cm³/mol. The summed E-state index contributed by atoms with van der Waals surface area (Å²) < 4.78 is 5.11. The van der Waals surface area contributed by atoms with Crippen LogP contribution in [-0.4, -0.2) is 12.6 Å². The Bertz CT molecular complexity index is 649. The Labute approximate surface area is 131 Å². The second kappa shape index (κ2) is 7.46. The molecule has 2 rings (SSSR count). The third-order valence-electron chi connectivity index (χ3n) is 3.47. The predicted octanol–water partition coefficient (Wildman–Crippen LogP) is 4.27. The molecular formula is C19H21NO2. The summed E-state index contributed by atoms with van der Waals surface area (Å²) in [5.41, 5.74) is 3.45. The fraction of sp³-hybridized carbons (Fsp3) is 0.211. The van der Waals surface area contributed by atoms with Crippen molar-refractivity contribution in [2.75, 3.05) is 11.9 Å². The average molecular weight is 295 g/mol. The third kappa shape index (κ3) is 3.76. The van der Waals surface area contributed by atoms with E-state index in [1.165, 1.54) is 0 Å². The minimum absolute atomic E-state index is 0.317. The maximum absolute atomic E-state index is 12.1. The van der Waals surface area contributed by atoms with Crippen molar-refractivity contribution in [1.82, 2.24) is 0 Å². The number of nitrogens with one attached hydrogen (secondary N) is 1. The molecule has 1 atom stereocenters. The van der Waals surface area contributed by atoms with E-state index < -0.39 is 0 Å². The first-order valence-corrected chi connectivity index (χ1v) is 7.36. The highest BCUT2D eigenvalue weighted by Gasteiger charge is 2.23. The SMILES string of the molecule is C=C(C(=O)OCC)[C@@H](Nc1ccccc1)c1ccccc1C. The highest BCUT2D eigenvalue weighted by Crippen LogP contribution is 2.28. The number of carbonyl (C=O) groups excluding carboxylic acids is 1. The lowest BCUT2D eigenvalue weighted by Gasteiger charge is -2.23. The topological polar surface area (TPSA) is 38.3 Å². The number of carbonyl (C=O) groups is 1. The van der Waals surface area contributed by atoms with Crippen molar-refractivity contribution in [2.45, 2.75) is 19.9 Å². The fourth-order valence-corrected chi connectivity index (χ4v) is 2.31. The van der Waals surface area contributed by atoms with E-state index in [1.807, 2.05) is 61.5 Å². The van der Waals surface area contributed by atoms with Gasteiger partial charge in [-0.3, -0.25) is 0 Å². The van der Waals surface area contributed by atoms with E-state index in [2.05, 4.69) is 11.9 Å². The van der Waals surface area contributed by atoms with Crippen molar-refractivity contribution in [1.29, 1.82) is 0 Å². The van der Waals surface area contributed by atoms with Gasteiger partial charge in [0.2, 0.25) is 0 Å². The molecule has 0 aliphatic heterocycles. The molecule has 0 heterocycles. The molecule has 0 saturated carbocycles. The van der Waals surface area contributed by atoms with Crippen LogP contribution in [-0.2, 0) is 9.53 Å². The lowest BCUT2D eigenvalue weighted by Crippen LogP contribution is -2.21. The first-order chi connectivity index (χ1) is 10.6. The first-order valence-electron chi connectivity index (χ1n) is 7.36. The lowest BCUT2D eigenvalue weighted by molar-refractivity contribution is -0.138. The molecular weight excluding hydrogens is 274 g/mol. The van der Waals surface area contributed by atoms with Crippen LogP contribution in [0.5, 0.6) is 0 Å². The Balaban J connectivity index is 2.34. The van der Waals surface area contributed by atoms with Crippen LogP contribution in [0, 0.1) is 6.92 Å². The highest BCUT2D eigenvalue weighted by atomic mass is 16.5. The van der Waals surface area contributed by atoms with Gasteiger partial charge in [0, 0.05) is 5.69 Å². The van der Waals surface area contributed by atoms with E-state index in [0.717, 1.165) is 16.8 Å². The summed E-state index contributed by atoms with van der Waals surface area (Å²) in [6.07, 6.45) is 0. The van der Waals surface area contributed by atoms with Crippen LogP contribution >= 0.6 is 0 Å². The number of ether oxygens (including phenoxy) is 1. The number of rotatable bonds is 6. The molecule has 0 radical (unpaired) electrons. The number of anilines is 1. The molecule has 0 aliphatic carbocycles. The Hall–Kier alpha value is -2.55. The van der Waals surface area contributed by atoms with E-state index in [1.54, 1.807) is 6.92 Å². The molecule has 3 nitrogen and oxygen atoms in total. The molecule has 0 bridgehead atoms. The summed E-state index contributed by atoms with van der Waals surface area (Å²) in [5.74, 6) is -0.376. The van der Waals surface area contributed by atoms with Crippen molar-refractivity contribution < 1.29 is 9.53 Å². The van der Waals surface area contributed by atoms with Crippen molar-refractivity contribution >= 4 is 11.7 Å². The molecule has 0 fully saturated rings. The van der Waals surface area contributed by atoms with Gasteiger partial charge in [-0.15, -0.1) is 0 Å². The molecule has 2 aromatic rings. The van der Waals surface area contributed by atoms with Crippen LogP contribution in [0.3, 0.4) is 0 Å². The molecule has 0 aliphatic rings. The third-order valence-corrected chi connectivity index (χ3v) is 3.47. The Morgan fingerprint density at radius 3 is 2.41 bits per heavy atom. The Morgan fingerprint density at radius 2 is 1.77 bits per heavy atom. The van der Waals surface area contributed by atoms with E-state index in [4.69, 9.17) is 4.74 Å². The van der Waals surface area contributed by atoms with Gasteiger partial charge in [0.05, 0.1) is 18.2 Å². The van der Waals surface area contributed by atoms with Crippen LogP contribution in [0.2, 0.25) is 0 Å². The number of hydrogen-bond donors (Lipinski definition) is 1. The van der Waals surface area contributed by atoms with Crippen LogP contribution < -0.4 is 5.32 Å². The number of aryl methyl sites for hydroxylation is 1. The normalized spacial score (nSPS) is 11.5. The largest absolute Gasteiger partial charge is 0.463 e. The monoisotopic (exact) mass is 295 g/mol. The minimum atomic E-state index is -0.376. The van der Waals surface area contributed by atoms with E-state index in [9.17, 15) is 4.79 Å². The standard InChI is InChI=1S/C19H21NO2/c1-4-22-19(21)15(3)18(17-13-9-8-10-14(17)2)20-16-11-6-5-7-12-16/h5-13,18,20H,3-4H2,1-2H3/t18-/m1/s1. The quantitative estimate of drug-likeness (QED) is 0.639. The molecule has 0 aromatic heterocycles. The summed E-state index contributed by atoms with van der Waals surface area (Å²) in [4.78, 5) is 12.1. The van der Waals surface area contributed by atoms with Gasteiger partial charge in [0.25, 0.3) is 0 Å². The Kier molecular flexibility index (Phi) is 5.37. The van der Waals surface area contributed by atoms with Gasteiger partial charge >= 0.3 is 5.97 Å². The molecule has 0 saturated heterocycles. The van der Waals surface area contributed by atoms with Gasteiger partial charge in [0.15, 0.2) is 0 Å². The highest BCUT2D eigenvalue weighted by molar-refractivity contribution is 5.90.